The fourth-order valence-corrected chi connectivity index (χ4v) is 4.34. The van der Waals surface area contributed by atoms with Crippen LogP contribution in [-0.2, 0) is 9.53 Å². The van der Waals surface area contributed by atoms with Crippen molar-refractivity contribution in [2.75, 3.05) is 12.4 Å². The van der Waals surface area contributed by atoms with Gasteiger partial charge in [-0.2, -0.15) is 0 Å². The van der Waals surface area contributed by atoms with Gasteiger partial charge in [0.2, 0.25) is 5.78 Å². The maximum absolute atomic E-state index is 13.9. The van der Waals surface area contributed by atoms with Crippen LogP contribution < -0.4 is 10.1 Å². The zero-order valence-corrected chi connectivity index (χ0v) is 20.7. The number of benzene rings is 1. The second-order valence-corrected chi connectivity index (χ2v) is 9.97. The molecule has 0 aliphatic carbocycles. The fourth-order valence-electron chi connectivity index (χ4n) is 3.48. The van der Waals surface area contributed by atoms with Crippen molar-refractivity contribution in [2.24, 2.45) is 0 Å². The number of rotatable bonds is 9. The lowest BCUT2D eigenvalue weighted by molar-refractivity contribution is -0.156. The Morgan fingerprint density at radius 3 is 2.36 bits per heavy atom. The molecular weight excluding hydrogens is 438 g/mol. The van der Waals surface area contributed by atoms with Crippen LogP contribution in [0.25, 0.3) is 0 Å². The molecule has 2 atom stereocenters. The molecule has 0 saturated heterocycles. The van der Waals surface area contributed by atoms with E-state index in [1.165, 1.54) is 11.3 Å². The first-order valence-corrected chi connectivity index (χ1v) is 11.7. The number of nitrogens with zero attached hydrogens (tertiary/aromatic N) is 2. The van der Waals surface area contributed by atoms with Crippen LogP contribution in [0, 0.1) is 0 Å². The minimum atomic E-state index is -0.957. The van der Waals surface area contributed by atoms with Gasteiger partial charge in [0.1, 0.15) is 17.4 Å². The third-order valence-electron chi connectivity index (χ3n) is 4.98. The quantitative estimate of drug-likeness (QED) is 0.337. The van der Waals surface area contributed by atoms with Crippen molar-refractivity contribution in [1.82, 2.24) is 9.55 Å². The molecule has 0 spiro atoms. The third kappa shape index (κ3) is 6.01. The molecule has 2 aromatic heterocycles. The smallest absolute Gasteiger partial charge is 0.330 e. The molecular formula is C25H31N3O4S. The number of ketones is 1. The number of nitrogens with one attached hydrogen (secondary N) is 1. The fraction of sp³-hybridized carbons (Fsp3) is 0.400. The SMILES string of the molecule is COc1ccc(N[C@H](C(=O)OC(C)(C)C)[C@@H](C(=O)c2nccn2C(C)C)c2cccs2)cc1. The summed E-state index contributed by atoms with van der Waals surface area (Å²) in [5.74, 6) is -0.560. The first-order chi connectivity index (χ1) is 15.6. The first-order valence-electron chi connectivity index (χ1n) is 10.8. The molecule has 0 bridgehead atoms. The number of esters is 1. The summed E-state index contributed by atoms with van der Waals surface area (Å²) < 4.78 is 12.8. The van der Waals surface area contributed by atoms with Gasteiger partial charge < -0.3 is 19.4 Å². The molecule has 1 aromatic carbocycles. The Hall–Kier alpha value is -3.13. The molecule has 0 saturated carbocycles. The van der Waals surface area contributed by atoms with Crippen molar-refractivity contribution >= 4 is 28.8 Å². The van der Waals surface area contributed by atoms with Crippen LogP contribution in [0.1, 0.15) is 62.1 Å². The van der Waals surface area contributed by atoms with Crippen LogP contribution in [0.4, 0.5) is 5.69 Å². The summed E-state index contributed by atoms with van der Waals surface area (Å²) >= 11 is 1.43. The Kier molecular flexibility index (Phi) is 7.58. The van der Waals surface area contributed by atoms with Gasteiger partial charge in [-0.1, -0.05) is 6.07 Å². The van der Waals surface area contributed by atoms with Gasteiger partial charge >= 0.3 is 5.97 Å². The highest BCUT2D eigenvalue weighted by atomic mass is 32.1. The van der Waals surface area contributed by atoms with Gasteiger partial charge in [-0.25, -0.2) is 9.78 Å². The lowest BCUT2D eigenvalue weighted by Gasteiger charge is -2.29. The molecule has 7 nitrogen and oxygen atoms in total. The van der Waals surface area contributed by atoms with Crippen LogP contribution in [0.15, 0.2) is 54.2 Å². The van der Waals surface area contributed by atoms with Crippen LogP contribution in [0.5, 0.6) is 5.75 Å². The average molecular weight is 470 g/mol. The standard InChI is InChI=1S/C25H31N3O4S/c1-16(2)28-14-13-26-23(28)22(29)20(19-8-7-15-33-19)21(24(30)32-25(3,4)5)27-17-9-11-18(31-6)12-10-17/h7-16,20-21,27H,1-6H3/t20-,21-/m0/s1. The predicted molar refractivity (Wildman–Crippen MR) is 130 cm³/mol. The number of ether oxygens (including phenoxy) is 2. The van der Waals surface area contributed by atoms with Crippen molar-refractivity contribution < 1.29 is 19.1 Å². The molecule has 0 unspecified atom stereocenters. The number of aromatic nitrogens is 2. The molecule has 0 amide bonds. The Labute approximate surface area is 198 Å². The maximum atomic E-state index is 13.9. The number of carbonyl (C=O) groups excluding carboxylic acids is 2. The van der Waals surface area contributed by atoms with Gasteiger partial charge in [-0.15, -0.1) is 11.3 Å². The zero-order valence-electron chi connectivity index (χ0n) is 19.9. The second kappa shape index (κ2) is 10.2. The number of anilines is 1. The van der Waals surface area contributed by atoms with Crippen LogP contribution in [-0.4, -0.2) is 40.1 Å². The van der Waals surface area contributed by atoms with Crippen molar-refractivity contribution in [1.29, 1.82) is 0 Å². The lowest BCUT2D eigenvalue weighted by Crippen LogP contribution is -2.43. The van der Waals surface area contributed by atoms with Gasteiger partial charge in [-0.3, -0.25) is 4.79 Å². The highest BCUT2D eigenvalue weighted by Crippen LogP contribution is 2.32. The van der Waals surface area contributed by atoms with Crippen molar-refractivity contribution in [2.45, 2.75) is 58.2 Å². The maximum Gasteiger partial charge on any atom is 0.330 e. The summed E-state index contributed by atoms with van der Waals surface area (Å²) in [6.07, 6.45) is 3.39. The molecule has 33 heavy (non-hydrogen) atoms. The van der Waals surface area contributed by atoms with E-state index in [-0.39, 0.29) is 11.8 Å². The Bertz CT molecular complexity index is 1070. The van der Waals surface area contributed by atoms with E-state index in [1.807, 2.05) is 56.7 Å². The minimum Gasteiger partial charge on any atom is -0.497 e. The number of imidazole rings is 1. The molecule has 0 aliphatic rings. The van der Waals surface area contributed by atoms with Gasteiger partial charge in [0.05, 0.1) is 13.0 Å². The topological polar surface area (TPSA) is 82.4 Å². The van der Waals surface area contributed by atoms with Crippen molar-refractivity contribution in [3.05, 3.63) is 64.9 Å². The summed E-state index contributed by atoms with van der Waals surface area (Å²) in [5.41, 5.74) is -0.0377. The summed E-state index contributed by atoms with van der Waals surface area (Å²) in [6.45, 7) is 9.40. The summed E-state index contributed by atoms with van der Waals surface area (Å²) in [7, 11) is 1.59. The number of methoxy groups -OCH3 is 1. The highest BCUT2D eigenvalue weighted by Gasteiger charge is 2.40. The van der Waals surface area contributed by atoms with E-state index < -0.39 is 23.5 Å². The average Bonchev–Trinajstić information content (AvgIpc) is 3.44. The van der Waals surface area contributed by atoms with E-state index in [0.717, 1.165) is 4.88 Å². The normalized spacial score (nSPS) is 13.4. The number of hydrogen-bond donors (Lipinski definition) is 1. The molecule has 8 heteroatoms. The second-order valence-electron chi connectivity index (χ2n) is 8.99. The number of Topliss-reactive ketones (excluding diaryl/α,β-unsaturated/α-hetero) is 1. The van der Waals surface area contributed by atoms with Crippen LogP contribution in [0.2, 0.25) is 0 Å². The highest BCUT2D eigenvalue weighted by molar-refractivity contribution is 7.10. The van der Waals surface area contributed by atoms with E-state index in [4.69, 9.17) is 9.47 Å². The summed E-state index contributed by atoms with van der Waals surface area (Å²) in [4.78, 5) is 32.4. The van der Waals surface area contributed by atoms with Crippen LogP contribution in [0.3, 0.4) is 0 Å². The molecule has 0 radical (unpaired) electrons. The van der Waals surface area contributed by atoms with Crippen molar-refractivity contribution in [3.63, 3.8) is 0 Å². The molecule has 3 rings (SSSR count). The molecule has 0 fully saturated rings. The first kappa shape index (κ1) is 24.5. The van der Waals surface area contributed by atoms with E-state index >= 15 is 0 Å². The summed E-state index contributed by atoms with van der Waals surface area (Å²) in [5, 5.41) is 5.14. The van der Waals surface area contributed by atoms with Gasteiger partial charge in [0, 0.05) is 29.0 Å². The minimum absolute atomic E-state index is 0.0463. The lowest BCUT2D eigenvalue weighted by atomic mass is 9.91. The molecule has 1 N–H and O–H groups in total. The molecule has 3 aromatic rings. The number of thiophene rings is 1. The van der Waals surface area contributed by atoms with Crippen molar-refractivity contribution in [3.8, 4) is 5.75 Å². The Morgan fingerprint density at radius 1 is 1.12 bits per heavy atom. The zero-order chi connectivity index (χ0) is 24.2. The summed E-state index contributed by atoms with van der Waals surface area (Å²) in [6, 6.07) is 10.0. The van der Waals surface area contributed by atoms with E-state index in [0.29, 0.717) is 17.3 Å². The van der Waals surface area contributed by atoms with E-state index in [9.17, 15) is 9.59 Å². The van der Waals surface area contributed by atoms with E-state index in [2.05, 4.69) is 10.3 Å². The number of carbonyl (C=O) groups is 2. The molecule has 0 aliphatic heterocycles. The third-order valence-corrected chi connectivity index (χ3v) is 5.94. The Balaban J connectivity index is 2.07. The van der Waals surface area contributed by atoms with Gasteiger partial charge in [-0.05, 0) is 70.3 Å². The monoisotopic (exact) mass is 469 g/mol. The largest absolute Gasteiger partial charge is 0.497 e. The van der Waals surface area contributed by atoms with Gasteiger partial charge in [0.15, 0.2) is 5.82 Å². The predicted octanol–water partition coefficient (Wildman–Crippen LogP) is 5.32. The Morgan fingerprint density at radius 2 is 1.82 bits per heavy atom. The number of hydrogen-bond acceptors (Lipinski definition) is 7. The van der Waals surface area contributed by atoms with Gasteiger partial charge in [0.25, 0.3) is 0 Å². The molecule has 2 heterocycles. The molecule has 176 valence electrons. The van der Waals surface area contributed by atoms with Crippen LogP contribution >= 0.6 is 11.3 Å². The van der Waals surface area contributed by atoms with E-state index in [1.54, 1.807) is 43.8 Å².